The van der Waals surface area contributed by atoms with E-state index in [2.05, 4.69) is 25.6 Å². The first kappa shape index (κ1) is 14.8. The van der Waals surface area contributed by atoms with Crippen LogP contribution in [0.4, 0.5) is 17.8 Å². The van der Waals surface area contributed by atoms with Gasteiger partial charge < -0.3 is 20.3 Å². The van der Waals surface area contributed by atoms with Crippen LogP contribution in [-0.4, -0.2) is 55.4 Å². The topological polar surface area (TPSA) is 75.2 Å². The van der Waals surface area contributed by atoms with E-state index in [9.17, 15) is 0 Å². The van der Waals surface area contributed by atoms with Crippen molar-refractivity contribution in [1.29, 1.82) is 0 Å². The highest BCUT2D eigenvalue weighted by atomic mass is 16.5. The molecule has 0 radical (unpaired) electrons. The molecule has 20 heavy (non-hydrogen) atoms. The Labute approximate surface area is 120 Å². The average Bonchev–Trinajstić information content (AvgIpc) is 2.48. The van der Waals surface area contributed by atoms with E-state index in [4.69, 9.17) is 4.74 Å². The van der Waals surface area contributed by atoms with Crippen LogP contribution in [0.3, 0.4) is 0 Å². The third kappa shape index (κ3) is 4.19. The Morgan fingerprint density at radius 2 is 2.00 bits per heavy atom. The number of anilines is 3. The van der Waals surface area contributed by atoms with E-state index in [1.54, 1.807) is 7.05 Å². The zero-order valence-electron chi connectivity index (χ0n) is 12.5. The van der Waals surface area contributed by atoms with Gasteiger partial charge in [0, 0.05) is 34.3 Å². The molecule has 0 aliphatic carbocycles. The van der Waals surface area contributed by atoms with Crippen molar-refractivity contribution >= 4 is 17.8 Å². The maximum Gasteiger partial charge on any atom is 0.231 e. The summed E-state index contributed by atoms with van der Waals surface area (Å²) >= 11 is 0. The maximum atomic E-state index is 5.71. The number of aromatic nitrogens is 3. The molecule has 1 aliphatic rings. The summed E-state index contributed by atoms with van der Waals surface area (Å²) in [6, 6.07) is 0. The van der Waals surface area contributed by atoms with Gasteiger partial charge in [-0.05, 0) is 25.7 Å². The summed E-state index contributed by atoms with van der Waals surface area (Å²) < 4.78 is 5.71. The molecule has 2 N–H and O–H groups in total. The number of hydrogen-bond donors (Lipinski definition) is 2. The fraction of sp³-hybridized carbons (Fsp3) is 0.769. The molecule has 1 aromatic rings. The molecule has 7 nitrogen and oxygen atoms in total. The third-order valence-corrected chi connectivity index (χ3v) is 3.27. The molecule has 0 aromatic carbocycles. The monoisotopic (exact) mass is 280 g/mol. The summed E-state index contributed by atoms with van der Waals surface area (Å²) in [5.41, 5.74) is 0. The minimum atomic E-state index is 0.371. The molecular formula is C13H24N6O. The van der Waals surface area contributed by atoms with Gasteiger partial charge in [0.25, 0.3) is 0 Å². The minimum Gasteiger partial charge on any atom is -0.378 e. The van der Waals surface area contributed by atoms with Gasteiger partial charge >= 0.3 is 0 Å². The molecule has 0 saturated carbocycles. The number of rotatable bonds is 6. The largest absolute Gasteiger partial charge is 0.378 e. The standard InChI is InChI=1S/C13H24N6O/c1-14-11-16-12(18-13(17-11)19(2)3)15-8-7-10-6-4-5-9-20-10/h10H,4-9H2,1-3H3,(H2,14,15,16,17,18). The van der Waals surface area contributed by atoms with Crippen LogP contribution in [0.2, 0.25) is 0 Å². The Morgan fingerprint density at radius 3 is 2.65 bits per heavy atom. The van der Waals surface area contributed by atoms with Gasteiger partial charge in [0.2, 0.25) is 17.8 Å². The summed E-state index contributed by atoms with van der Waals surface area (Å²) in [4.78, 5) is 14.8. The van der Waals surface area contributed by atoms with Crippen molar-refractivity contribution in [3.63, 3.8) is 0 Å². The van der Waals surface area contributed by atoms with Gasteiger partial charge in [0.05, 0.1) is 6.10 Å². The van der Waals surface area contributed by atoms with Gasteiger partial charge in [-0.3, -0.25) is 0 Å². The normalized spacial score (nSPS) is 18.6. The lowest BCUT2D eigenvalue weighted by Gasteiger charge is -2.22. The fourth-order valence-electron chi connectivity index (χ4n) is 2.14. The zero-order valence-corrected chi connectivity index (χ0v) is 12.5. The number of nitrogens with zero attached hydrogens (tertiary/aromatic N) is 4. The SMILES string of the molecule is CNc1nc(NCCC2CCCCO2)nc(N(C)C)n1. The maximum absolute atomic E-state index is 5.71. The Morgan fingerprint density at radius 1 is 1.20 bits per heavy atom. The highest BCUT2D eigenvalue weighted by Gasteiger charge is 2.13. The molecule has 1 aliphatic heterocycles. The van der Waals surface area contributed by atoms with E-state index in [1.165, 1.54) is 12.8 Å². The van der Waals surface area contributed by atoms with Crippen LogP contribution < -0.4 is 15.5 Å². The van der Waals surface area contributed by atoms with Crippen molar-refractivity contribution in [3.05, 3.63) is 0 Å². The third-order valence-electron chi connectivity index (χ3n) is 3.27. The molecule has 2 rings (SSSR count). The predicted molar refractivity (Wildman–Crippen MR) is 80.4 cm³/mol. The predicted octanol–water partition coefficient (Wildman–Crippen LogP) is 1.35. The second-order valence-corrected chi connectivity index (χ2v) is 5.13. The van der Waals surface area contributed by atoms with Gasteiger partial charge in [-0.1, -0.05) is 0 Å². The number of hydrogen-bond acceptors (Lipinski definition) is 7. The fourth-order valence-corrected chi connectivity index (χ4v) is 2.14. The van der Waals surface area contributed by atoms with E-state index in [-0.39, 0.29) is 0 Å². The summed E-state index contributed by atoms with van der Waals surface area (Å²) in [6.45, 7) is 1.70. The number of ether oxygens (including phenoxy) is 1. The van der Waals surface area contributed by atoms with E-state index in [0.717, 1.165) is 26.0 Å². The first-order valence-corrected chi connectivity index (χ1v) is 7.15. The highest BCUT2D eigenvalue weighted by molar-refractivity contribution is 5.42. The molecule has 0 spiro atoms. The van der Waals surface area contributed by atoms with Crippen LogP contribution in [0.1, 0.15) is 25.7 Å². The first-order chi connectivity index (χ1) is 9.69. The summed E-state index contributed by atoms with van der Waals surface area (Å²) in [5.74, 6) is 1.81. The molecule has 0 amide bonds. The highest BCUT2D eigenvalue weighted by Crippen LogP contribution is 2.16. The van der Waals surface area contributed by atoms with Crippen molar-refractivity contribution in [2.75, 3.05) is 49.8 Å². The van der Waals surface area contributed by atoms with Crippen molar-refractivity contribution in [2.45, 2.75) is 31.8 Å². The first-order valence-electron chi connectivity index (χ1n) is 7.15. The van der Waals surface area contributed by atoms with Crippen LogP contribution in [0.5, 0.6) is 0 Å². The van der Waals surface area contributed by atoms with Gasteiger partial charge in [-0.15, -0.1) is 0 Å². The molecule has 1 atom stereocenters. The molecule has 2 heterocycles. The summed E-state index contributed by atoms with van der Waals surface area (Å²) in [5, 5.41) is 6.20. The Hall–Kier alpha value is -1.63. The van der Waals surface area contributed by atoms with Crippen LogP contribution in [-0.2, 0) is 4.74 Å². The molecule has 0 bridgehead atoms. The Balaban J connectivity index is 1.89. The minimum absolute atomic E-state index is 0.371. The lowest BCUT2D eigenvalue weighted by molar-refractivity contribution is 0.0134. The Kier molecular flexibility index (Phi) is 5.34. The molecule has 1 aromatic heterocycles. The van der Waals surface area contributed by atoms with Crippen molar-refractivity contribution in [3.8, 4) is 0 Å². The van der Waals surface area contributed by atoms with Crippen molar-refractivity contribution < 1.29 is 4.74 Å². The zero-order chi connectivity index (χ0) is 14.4. The number of nitrogens with one attached hydrogen (secondary N) is 2. The molecule has 1 fully saturated rings. The van der Waals surface area contributed by atoms with Gasteiger partial charge in [0.15, 0.2) is 0 Å². The summed E-state index contributed by atoms with van der Waals surface area (Å²) in [7, 11) is 5.62. The van der Waals surface area contributed by atoms with E-state index in [0.29, 0.717) is 23.9 Å². The van der Waals surface area contributed by atoms with Crippen LogP contribution in [0, 0.1) is 0 Å². The van der Waals surface area contributed by atoms with Crippen molar-refractivity contribution in [1.82, 2.24) is 15.0 Å². The second kappa shape index (κ2) is 7.23. The average molecular weight is 280 g/mol. The smallest absolute Gasteiger partial charge is 0.231 e. The molecule has 112 valence electrons. The summed E-state index contributed by atoms with van der Waals surface area (Å²) in [6.07, 6.45) is 4.97. The van der Waals surface area contributed by atoms with Crippen LogP contribution in [0.15, 0.2) is 0 Å². The van der Waals surface area contributed by atoms with Gasteiger partial charge in [-0.25, -0.2) is 0 Å². The lowest BCUT2D eigenvalue weighted by atomic mass is 10.1. The lowest BCUT2D eigenvalue weighted by Crippen LogP contribution is -2.23. The Bertz CT molecular complexity index is 419. The molecule has 1 saturated heterocycles. The van der Waals surface area contributed by atoms with Crippen molar-refractivity contribution in [2.24, 2.45) is 0 Å². The van der Waals surface area contributed by atoms with Crippen LogP contribution >= 0.6 is 0 Å². The molecule has 7 heteroatoms. The van der Waals surface area contributed by atoms with Crippen LogP contribution in [0.25, 0.3) is 0 Å². The van der Waals surface area contributed by atoms with E-state index < -0.39 is 0 Å². The van der Waals surface area contributed by atoms with Gasteiger partial charge in [-0.2, -0.15) is 15.0 Å². The second-order valence-electron chi connectivity index (χ2n) is 5.13. The van der Waals surface area contributed by atoms with Gasteiger partial charge in [0.1, 0.15) is 0 Å². The molecular weight excluding hydrogens is 256 g/mol. The quantitative estimate of drug-likeness (QED) is 0.814. The van der Waals surface area contributed by atoms with E-state index in [1.807, 2.05) is 19.0 Å². The molecule has 1 unspecified atom stereocenters. The van der Waals surface area contributed by atoms with E-state index >= 15 is 0 Å².